The first-order valence-electron chi connectivity index (χ1n) is 9.37. The van der Waals surface area contributed by atoms with Gasteiger partial charge in [-0.2, -0.15) is 0 Å². The number of aryl methyl sites for hydroxylation is 2. The van der Waals surface area contributed by atoms with Crippen molar-refractivity contribution in [2.24, 2.45) is 0 Å². The third kappa shape index (κ3) is 4.28. The van der Waals surface area contributed by atoms with Gasteiger partial charge in [-0.25, -0.2) is 9.78 Å². The number of carbonyl (C=O) groups excluding carboxylic acids is 1. The van der Waals surface area contributed by atoms with Gasteiger partial charge in [-0.1, -0.05) is 35.0 Å². The molecule has 0 saturated heterocycles. The van der Waals surface area contributed by atoms with Crippen LogP contribution in [0.25, 0.3) is 10.9 Å². The summed E-state index contributed by atoms with van der Waals surface area (Å²) in [6, 6.07) is 16.3. The third-order valence-electron chi connectivity index (χ3n) is 4.76. The normalized spacial score (nSPS) is 10.9. The minimum atomic E-state index is -0.448. The number of para-hydroxylation sites is 1. The predicted molar refractivity (Wildman–Crippen MR) is 113 cm³/mol. The Morgan fingerprint density at radius 1 is 1.07 bits per heavy atom. The maximum Gasteiger partial charge on any atom is 0.338 e. The number of benzene rings is 2. The number of ether oxygens (including phenoxy) is 2. The van der Waals surface area contributed by atoms with Crippen molar-refractivity contribution in [1.82, 2.24) is 10.1 Å². The zero-order valence-electron chi connectivity index (χ0n) is 16.5. The van der Waals surface area contributed by atoms with E-state index in [1.165, 1.54) is 0 Å². The van der Waals surface area contributed by atoms with Crippen LogP contribution in [-0.2, 0) is 18.0 Å². The van der Waals surface area contributed by atoms with E-state index in [4.69, 9.17) is 25.6 Å². The van der Waals surface area contributed by atoms with Crippen LogP contribution in [0.4, 0.5) is 0 Å². The first kappa shape index (κ1) is 19.9. The zero-order chi connectivity index (χ0) is 21.1. The van der Waals surface area contributed by atoms with Crippen LogP contribution in [0.15, 0.2) is 59.1 Å². The molecular weight excluding hydrogens is 404 g/mol. The number of hydrogen-bond acceptors (Lipinski definition) is 6. The summed E-state index contributed by atoms with van der Waals surface area (Å²) >= 11 is 6.22. The molecule has 0 bridgehead atoms. The van der Waals surface area contributed by atoms with Crippen molar-refractivity contribution in [3.63, 3.8) is 0 Å². The minimum Gasteiger partial charge on any atom is -0.489 e. The van der Waals surface area contributed by atoms with E-state index < -0.39 is 5.97 Å². The molecule has 2 heterocycles. The molecule has 4 rings (SSSR count). The largest absolute Gasteiger partial charge is 0.489 e. The lowest BCUT2D eigenvalue weighted by Gasteiger charge is -2.09. The van der Waals surface area contributed by atoms with Gasteiger partial charge in [-0.05, 0) is 50.2 Å². The van der Waals surface area contributed by atoms with E-state index in [1.807, 2.05) is 44.2 Å². The fraction of sp³-hybridized carbons (Fsp3) is 0.174. The molecule has 0 N–H and O–H groups in total. The molecule has 0 aliphatic rings. The lowest BCUT2D eigenvalue weighted by atomic mass is 10.1. The van der Waals surface area contributed by atoms with Crippen molar-refractivity contribution >= 4 is 28.5 Å². The van der Waals surface area contributed by atoms with Gasteiger partial charge in [0.2, 0.25) is 0 Å². The second-order valence-corrected chi connectivity index (χ2v) is 7.18. The van der Waals surface area contributed by atoms with E-state index in [0.29, 0.717) is 28.6 Å². The van der Waals surface area contributed by atoms with Gasteiger partial charge in [0.25, 0.3) is 0 Å². The second kappa shape index (κ2) is 8.55. The van der Waals surface area contributed by atoms with Crippen molar-refractivity contribution in [1.29, 1.82) is 0 Å². The van der Waals surface area contributed by atoms with E-state index in [-0.39, 0.29) is 6.61 Å². The number of esters is 1. The molecule has 6 nitrogen and oxygen atoms in total. The van der Waals surface area contributed by atoms with Gasteiger partial charge < -0.3 is 14.0 Å². The fourth-order valence-corrected chi connectivity index (χ4v) is 3.21. The molecule has 0 saturated carbocycles. The highest BCUT2D eigenvalue weighted by molar-refractivity contribution is 6.30. The zero-order valence-corrected chi connectivity index (χ0v) is 17.3. The molecule has 2 aromatic heterocycles. The summed E-state index contributed by atoms with van der Waals surface area (Å²) in [7, 11) is 0. The molecule has 0 spiro atoms. The van der Waals surface area contributed by atoms with Gasteiger partial charge in [-0.3, -0.25) is 0 Å². The number of hydrogen-bond donors (Lipinski definition) is 0. The molecule has 0 aliphatic heterocycles. The van der Waals surface area contributed by atoms with Crippen LogP contribution in [0.1, 0.15) is 32.9 Å². The van der Waals surface area contributed by atoms with Crippen LogP contribution in [0.2, 0.25) is 5.15 Å². The Labute approximate surface area is 178 Å². The van der Waals surface area contributed by atoms with Gasteiger partial charge in [0.05, 0.1) is 22.3 Å². The van der Waals surface area contributed by atoms with Crippen LogP contribution in [0.5, 0.6) is 5.75 Å². The van der Waals surface area contributed by atoms with Crippen LogP contribution in [0, 0.1) is 13.8 Å². The number of rotatable bonds is 6. The average Bonchev–Trinajstić information content (AvgIpc) is 3.08. The Bertz CT molecular complexity index is 1180. The van der Waals surface area contributed by atoms with Crippen molar-refractivity contribution in [2.45, 2.75) is 27.1 Å². The van der Waals surface area contributed by atoms with Crippen molar-refractivity contribution in [2.75, 3.05) is 0 Å². The summed E-state index contributed by atoms with van der Waals surface area (Å²) in [5.41, 5.74) is 3.59. The fourth-order valence-electron chi connectivity index (χ4n) is 3.01. The standard InChI is InChI=1S/C23H19ClN2O4/c1-14-20(15(2)30-26-14)13-28-19-9-7-16(8-10-19)23(27)29-12-18-11-17-5-3-4-6-21(17)25-22(18)24/h3-11H,12-13H2,1-2H3. The monoisotopic (exact) mass is 422 g/mol. The number of fused-ring (bicyclic) bond motifs is 1. The van der Waals surface area contributed by atoms with Crippen LogP contribution >= 0.6 is 11.6 Å². The molecular formula is C23H19ClN2O4. The molecule has 0 radical (unpaired) electrons. The predicted octanol–water partition coefficient (Wildman–Crippen LogP) is 5.43. The molecule has 2 aromatic carbocycles. The summed E-state index contributed by atoms with van der Waals surface area (Å²) in [6.45, 7) is 4.10. The molecule has 0 unspecified atom stereocenters. The number of nitrogens with zero attached hydrogens (tertiary/aromatic N) is 2. The van der Waals surface area contributed by atoms with Gasteiger partial charge in [-0.15, -0.1) is 0 Å². The van der Waals surface area contributed by atoms with E-state index in [2.05, 4.69) is 10.1 Å². The average molecular weight is 423 g/mol. The van der Waals surface area contributed by atoms with Gasteiger partial charge in [0, 0.05) is 10.9 Å². The highest BCUT2D eigenvalue weighted by Crippen LogP contribution is 2.22. The highest BCUT2D eigenvalue weighted by Gasteiger charge is 2.12. The van der Waals surface area contributed by atoms with Crippen molar-refractivity contribution in [3.05, 3.63) is 87.9 Å². The quantitative estimate of drug-likeness (QED) is 0.304. The molecule has 152 valence electrons. The van der Waals surface area contributed by atoms with Gasteiger partial charge >= 0.3 is 5.97 Å². The first-order chi connectivity index (χ1) is 14.5. The Balaban J connectivity index is 1.37. The summed E-state index contributed by atoms with van der Waals surface area (Å²) in [6.07, 6.45) is 0. The Hall–Kier alpha value is -3.38. The smallest absolute Gasteiger partial charge is 0.338 e. The van der Waals surface area contributed by atoms with E-state index in [9.17, 15) is 4.79 Å². The summed E-state index contributed by atoms with van der Waals surface area (Å²) in [5, 5.41) is 5.17. The number of carbonyl (C=O) groups is 1. The van der Waals surface area contributed by atoms with Crippen molar-refractivity contribution in [3.8, 4) is 5.75 Å². The van der Waals surface area contributed by atoms with Crippen molar-refractivity contribution < 1.29 is 18.8 Å². The van der Waals surface area contributed by atoms with Gasteiger partial charge in [0.1, 0.15) is 29.9 Å². The summed E-state index contributed by atoms with van der Waals surface area (Å²) in [5.74, 6) is 0.916. The third-order valence-corrected chi connectivity index (χ3v) is 5.09. The minimum absolute atomic E-state index is 0.0415. The molecule has 7 heteroatoms. The lowest BCUT2D eigenvalue weighted by molar-refractivity contribution is 0.0472. The van der Waals surface area contributed by atoms with Crippen LogP contribution in [0.3, 0.4) is 0 Å². The summed E-state index contributed by atoms with van der Waals surface area (Å²) in [4.78, 5) is 16.7. The van der Waals surface area contributed by atoms with E-state index >= 15 is 0 Å². The Kier molecular flexibility index (Phi) is 5.68. The second-order valence-electron chi connectivity index (χ2n) is 6.82. The van der Waals surface area contributed by atoms with Crippen LogP contribution < -0.4 is 4.74 Å². The summed E-state index contributed by atoms with van der Waals surface area (Å²) < 4.78 is 16.3. The Morgan fingerprint density at radius 2 is 1.83 bits per heavy atom. The molecule has 0 amide bonds. The molecule has 30 heavy (non-hydrogen) atoms. The lowest BCUT2D eigenvalue weighted by Crippen LogP contribution is -2.06. The topological polar surface area (TPSA) is 74.5 Å². The van der Waals surface area contributed by atoms with Gasteiger partial charge in [0.15, 0.2) is 0 Å². The van der Waals surface area contributed by atoms with Crippen LogP contribution in [-0.4, -0.2) is 16.1 Å². The maximum absolute atomic E-state index is 12.4. The molecule has 0 atom stereocenters. The number of aromatic nitrogens is 2. The van der Waals surface area contributed by atoms with E-state index in [1.54, 1.807) is 24.3 Å². The number of pyridine rings is 1. The first-order valence-corrected chi connectivity index (χ1v) is 9.75. The molecule has 4 aromatic rings. The van der Waals surface area contributed by atoms with E-state index in [0.717, 1.165) is 27.9 Å². The molecule has 0 fully saturated rings. The SMILES string of the molecule is Cc1noc(C)c1COc1ccc(C(=O)OCc2cc3ccccc3nc2Cl)cc1. The Morgan fingerprint density at radius 3 is 2.57 bits per heavy atom. The molecule has 0 aliphatic carbocycles. The highest BCUT2D eigenvalue weighted by atomic mass is 35.5. The number of halogens is 1. The maximum atomic E-state index is 12.4.